The third-order valence-electron chi connectivity index (χ3n) is 4.06. The Morgan fingerprint density at radius 3 is 2.42 bits per heavy atom. The summed E-state index contributed by atoms with van der Waals surface area (Å²) in [5.41, 5.74) is 1.92. The van der Waals surface area contributed by atoms with Crippen molar-refractivity contribution in [3.8, 4) is 0 Å². The summed E-state index contributed by atoms with van der Waals surface area (Å²) in [6, 6.07) is 14.0. The van der Waals surface area contributed by atoms with Crippen LogP contribution < -0.4 is 5.32 Å². The predicted octanol–water partition coefficient (Wildman–Crippen LogP) is 3.65. The Hall–Kier alpha value is -1.70. The lowest BCUT2D eigenvalue weighted by Crippen LogP contribution is -2.41. The Labute approximate surface area is 163 Å². The van der Waals surface area contributed by atoms with E-state index in [-0.39, 0.29) is 29.9 Å². The van der Waals surface area contributed by atoms with E-state index < -0.39 is 10.0 Å². The number of carbonyl (C=O) groups is 1. The molecule has 2 aromatic rings. The summed E-state index contributed by atoms with van der Waals surface area (Å²) in [7, 11) is -3.71. The molecule has 0 radical (unpaired) electrons. The van der Waals surface area contributed by atoms with Crippen LogP contribution in [0.1, 0.15) is 31.0 Å². The van der Waals surface area contributed by atoms with Gasteiger partial charge in [-0.15, -0.1) is 0 Å². The van der Waals surface area contributed by atoms with E-state index in [9.17, 15) is 13.2 Å². The van der Waals surface area contributed by atoms with Gasteiger partial charge in [-0.3, -0.25) is 4.79 Å². The zero-order valence-corrected chi connectivity index (χ0v) is 17.5. The molecule has 0 saturated carbocycles. The third kappa shape index (κ3) is 5.16. The number of sulfonamides is 1. The number of hydrogen-bond donors (Lipinski definition) is 1. The van der Waals surface area contributed by atoms with Crippen LogP contribution >= 0.6 is 15.9 Å². The number of rotatable bonds is 7. The lowest BCUT2D eigenvalue weighted by atomic mass is 10.1. The molecule has 2 rings (SSSR count). The van der Waals surface area contributed by atoms with Crippen molar-refractivity contribution in [2.75, 3.05) is 13.1 Å². The van der Waals surface area contributed by atoms with E-state index in [1.54, 1.807) is 31.2 Å². The Kier molecular flexibility index (Phi) is 6.97. The van der Waals surface area contributed by atoms with Crippen molar-refractivity contribution in [2.45, 2.75) is 31.7 Å². The molecule has 7 heteroatoms. The van der Waals surface area contributed by atoms with Crippen LogP contribution in [0.15, 0.2) is 57.9 Å². The summed E-state index contributed by atoms with van der Waals surface area (Å²) >= 11 is 3.40. The van der Waals surface area contributed by atoms with Gasteiger partial charge in [-0.25, -0.2) is 8.42 Å². The molecule has 0 aliphatic rings. The van der Waals surface area contributed by atoms with E-state index in [0.29, 0.717) is 0 Å². The molecule has 0 saturated heterocycles. The van der Waals surface area contributed by atoms with Gasteiger partial charge in [0.05, 0.1) is 17.5 Å². The maximum Gasteiger partial charge on any atom is 0.243 e. The second kappa shape index (κ2) is 8.79. The van der Waals surface area contributed by atoms with Gasteiger partial charge in [0.15, 0.2) is 0 Å². The van der Waals surface area contributed by atoms with Crippen LogP contribution in [0.2, 0.25) is 0 Å². The topological polar surface area (TPSA) is 66.5 Å². The van der Waals surface area contributed by atoms with Gasteiger partial charge in [-0.1, -0.05) is 52.7 Å². The molecule has 1 N–H and O–H groups in total. The van der Waals surface area contributed by atoms with Gasteiger partial charge in [-0.2, -0.15) is 4.31 Å². The van der Waals surface area contributed by atoms with Crippen LogP contribution in [0.4, 0.5) is 0 Å². The summed E-state index contributed by atoms with van der Waals surface area (Å²) in [5, 5.41) is 2.85. The molecular weight excluding hydrogens is 416 g/mol. The first kappa shape index (κ1) is 20.6. The molecule has 1 unspecified atom stereocenters. The zero-order valence-electron chi connectivity index (χ0n) is 15.1. The highest BCUT2D eigenvalue weighted by Gasteiger charge is 2.25. The summed E-state index contributed by atoms with van der Waals surface area (Å²) in [6.45, 7) is 5.48. The average Bonchev–Trinajstić information content (AvgIpc) is 2.59. The molecule has 0 bridgehead atoms. The maximum absolute atomic E-state index is 12.8. The van der Waals surface area contributed by atoms with Crippen molar-refractivity contribution in [2.24, 2.45) is 0 Å². The van der Waals surface area contributed by atoms with E-state index in [0.717, 1.165) is 15.6 Å². The van der Waals surface area contributed by atoms with Gasteiger partial charge in [0, 0.05) is 11.0 Å². The molecule has 140 valence electrons. The van der Waals surface area contributed by atoms with Crippen LogP contribution in [0.25, 0.3) is 0 Å². The highest BCUT2D eigenvalue weighted by atomic mass is 79.9. The Morgan fingerprint density at radius 1 is 1.19 bits per heavy atom. The van der Waals surface area contributed by atoms with Crippen molar-refractivity contribution in [3.63, 3.8) is 0 Å². The fourth-order valence-electron chi connectivity index (χ4n) is 2.53. The van der Waals surface area contributed by atoms with Crippen molar-refractivity contribution < 1.29 is 13.2 Å². The number of nitrogens with one attached hydrogen (secondary N) is 1. The lowest BCUT2D eigenvalue weighted by Gasteiger charge is -2.22. The minimum atomic E-state index is -3.71. The summed E-state index contributed by atoms with van der Waals surface area (Å²) in [5.74, 6) is -0.338. The van der Waals surface area contributed by atoms with Gasteiger partial charge in [0.1, 0.15) is 0 Å². The summed E-state index contributed by atoms with van der Waals surface area (Å²) in [4.78, 5) is 12.6. The van der Waals surface area contributed by atoms with Crippen LogP contribution in [0, 0.1) is 6.92 Å². The number of nitrogens with zero attached hydrogens (tertiary/aromatic N) is 1. The second-order valence-corrected chi connectivity index (χ2v) is 8.94. The molecule has 0 spiro atoms. The van der Waals surface area contributed by atoms with Crippen LogP contribution in [0.3, 0.4) is 0 Å². The van der Waals surface area contributed by atoms with E-state index in [1.807, 2.05) is 38.1 Å². The van der Waals surface area contributed by atoms with Gasteiger partial charge in [0.25, 0.3) is 0 Å². The van der Waals surface area contributed by atoms with E-state index >= 15 is 0 Å². The number of benzene rings is 2. The number of likely N-dealkylation sites (N-methyl/N-ethyl adjacent to an activating group) is 1. The molecule has 0 aliphatic carbocycles. The molecule has 0 heterocycles. The average molecular weight is 439 g/mol. The minimum Gasteiger partial charge on any atom is -0.348 e. The summed E-state index contributed by atoms with van der Waals surface area (Å²) < 4.78 is 27.6. The van der Waals surface area contributed by atoms with E-state index in [4.69, 9.17) is 0 Å². The van der Waals surface area contributed by atoms with Crippen molar-refractivity contribution in [1.29, 1.82) is 0 Å². The SMILES string of the molecule is CCN(CC(=O)NC(C)c1cccc(Br)c1)S(=O)(=O)c1ccc(C)cc1. The molecule has 1 atom stereocenters. The standard InChI is InChI=1S/C19H23BrN2O3S/c1-4-22(26(24,25)18-10-8-14(2)9-11-18)13-19(23)21-15(3)16-6-5-7-17(20)12-16/h5-12,15H,4,13H2,1-3H3,(H,21,23). The second-order valence-electron chi connectivity index (χ2n) is 6.09. The van der Waals surface area contributed by atoms with E-state index in [2.05, 4.69) is 21.2 Å². The van der Waals surface area contributed by atoms with Crippen LogP contribution in [0.5, 0.6) is 0 Å². The minimum absolute atomic E-state index is 0.192. The fraction of sp³-hybridized carbons (Fsp3) is 0.316. The maximum atomic E-state index is 12.8. The van der Waals surface area contributed by atoms with Gasteiger partial charge < -0.3 is 5.32 Å². The molecule has 0 aliphatic heterocycles. The molecule has 5 nitrogen and oxygen atoms in total. The smallest absolute Gasteiger partial charge is 0.243 e. The Balaban J connectivity index is 2.09. The molecular formula is C19H23BrN2O3S. The quantitative estimate of drug-likeness (QED) is 0.717. The molecule has 2 aromatic carbocycles. The number of hydrogen-bond acceptors (Lipinski definition) is 3. The molecule has 26 heavy (non-hydrogen) atoms. The van der Waals surface area contributed by atoms with Gasteiger partial charge >= 0.3 is 0 Å². The predicted molar refractivity (Wildman–Crippen MR) is 106 cm³/mol. The summed E-state index contributed by atoms with van der Waals surface area (Å²) in [6.07, 6.45) is 0. The number of halogens is 1. The monoisotopic (exact) mass is 438 g/mol. The molecule has 1 amide bonds. The number of amides is 1. The highest BCUT2D eigenvalue weighted by molar-refractivity contribution is 9.10. The molecule has 0 aromatic heterocycles. The van der Waals surface area contributed by atoms with Crippen molar-refractivity contribution >= 4 is 31.9 Å². The zero-order chi connectivity index (χ0) is 19.3. The van der Waals surface area contributed by atoms with Crippen LogP contribution in [-0.4, -0.2) is 31.7 Å². The normalized spacial score (nSPS) is 12.8. The first-order chi connectivity index (χ1) is 12.2. The first-order valence-corrected chi connectivity index (χ1v) is 10.6. The van der Waals surface area contributed by atoms with Gasteiger partial charge in [-0.05, 0) is 43.7 Å². The number of aryl methyl sites for hydroxylation is 1. The first-order valence-electron chi connectivity index (χ1n) is 8.35. The largest absolute Gasteiger partial charge is 0.348 e. The van der Waals surface area contributed by atoms with Crippen molar-refractivity contribution in [3.05, 3.63) is 64.1 Å². The Bertz CT molecular complexity index is 867. The third-order valence-corrected chi connectivity index (χ3v) is 6.49. The van der Waals surface area contributed by atoms with Crippen LogP contribution in [-0.2, 0) is 14.8 Å². The van der Waals surface area contributed by atoms with Crippen molar-refractivity contribution in [1.82, 2.24) is 9.62 Å². The highest BCUT2D eigenvalue weighted by Crippen LogP contribution is 2.19. The number of carbonyl (C=O) groups excluding carboxylic acids is 1. The van der Waals surface area contributed by atoms with E-state index in [1.165, 1.54) is 4.31 Å². The Morgan fingerprint density at radius 2 is 1.85 bits per heavy atom. The molecule has 0 fully saturated rings. The fourth-order valence-corrected chi connectivity index (χ4v) is 4.35. The lowest BCUT2D eigenvalue weighted by molar-refractivity contribution is -0.121. The van der Waals surface area contributed by atoms with Gasteiger partial charge in [0.2, 0.25) is 15.9 Å².